The fourth-order valence-electron chi connectivity index (χ4n) is 14.2. The topological polar surface area (TPSA) is 198 Å². The van der Waals surface area contributed by atoms with E-state index in [1.54, 1.807) is 12.2 Å². The van der Waals surface area contributed by atoms with Crippen molar-refractivity contribution < 1.29 is 72.6 Å². The minimum absolute atomic E-state index is 0.0352. The molecule has 15 nitrogen and oxygen atoms in total. The molecule has 7 heterocycles. The van der Waals surface area contributed by atoms with Crippen LogP contribution in [-0.4, -0.2) is 130 Å². The van der Waals surface area contributed by atoms with Crippen LogP contribution in [0.1, 0.15) is 247 Å². The number of carbonyl (C=O) groups excluding carboxylic acids is 2. The number of allylic oxidation sites excluding steroid dienone is 3. The van der Waals surface area contributed by atoms with Gasteiger partial charge in [0.05, 0.1) is 49.5 Å². The zero-order chi connectivity index (χ0) is 60.2. The second-order valence-electron chi connectivity index (χ2n) is 26.8. The molecule has 15 heteroatoms. The summed E-state index contributed by atoms with van der Waals surface area (Å²) in [7, 11) is 0. The van der Waals surface area contributed by atoms with Gasteiger partial charge in [-0.2, -0.15) is 0 Å². The van der Waals surface area contributed by atoms with Crippen molar-refractivity contribution in [1.82, 2.24) is 0 Å². The lowest BCUT2D eigenvalue weighted by Gasteiger charge is -2.50. The highest BCUT2D eigenvalue weighted by molar-refractivity contribution is 5.79. The zero-order valence-electron chi connectivity index (χ0n) is 52.6. The quantitative estimate of drug-likeness (QED) is 0.0163. The van der Waals surface area contributed by atoms with Gasteiger partial charge in [0, 0.05) is 51.0 Å². The third-order valence-electron chi connectivity index (χ3n) is 19.2. The Morgan fingerprint density at radius 1 is 0.833 bits per heavy atom. The molecule has 6 fully saturated rings. The second-order valence-corrected chi connectivity index (χ2v) is 26.8. The number of hydrogen-bond acceptors (Lipinski definition) is 15. The first-order valence-electron chi connectivity index (χ1n) is 33.6. The summed E-state index contributed by atoms with van der Waals surface area (Å²) in [5.74, 6) is -3.74. The number of fused-ring (bicyclic) bond motifs is 1. The SMILES string of the molecule is C=C1[C@@H](O)[C@@H]2O[C@]3(CC[C@H](/C=C/[C@@H](C)[C@@H]4CC(C)=C[C@@]5(O[C@H](C[C@@](C)(O)C(=O)O/C=C/C=C/CCCCCO)CC[C@H]5OC(=O)CCCCCCCCCCCCCCC)O4)O3)CC[C@H]2O[C@@H]1[C@@H](O)C[C@H](C)[C@H]1O[C@@]2(CCCCO2)CC[C@H]1C. The van der Waals surface area contributed by atoms with Crippen molar-refractivity contribution in [2.45, 2.75) is 331 Å². The number of unbranched alkanes of at least 4 members (excludes halogenated alkanes) is 15. The molecule has 0 radical (unpaired) electrons. The van der Waals surface area contributed by atoms with Crippen molar-refractivity contribution >= 4 is 11.9 Å². The van der Waals surface area contributed by atoms with Crippen molar-refractivity contribution in [3.8, 4) is 0 Å². The molecule has 0 saturated carbocycles. The van der Waals surface area contributed by atoms with Crippen LogP contribution >= 0.6 is 0 Å². The van der Waals surface area contributed by atoms with Gasteiger partial charge in [0.1, 0.15) is 18.3 Å². The minimum Gasteiger partial charge on any atom is -0.456 e. The van der Waals surface area contributed by atoms with Gasteiger partial charge in [-0.15, -0.1) is 0 Å². The van der Waals surface area contributed by atoms with E-state index in [-0.39, 0.29) is 49.1 Å². The number of carbonyl (C=O) groups is 2. The summed E-state index contributed by atoms with van der Waals surface area (Å²) in [5, 5.41) is 44.0. The van der Waals surface area contributed by atoms with E-state index in [9.17, 15) is 24.9 Å². The van der Waals surface area contributed by atoms with Crippen LogP contribution in [-0.2, 0) is 52.2 Å². The van der Waals surface area contributed by atoms with E-state index < -0.39 is 71.7 Å². The molecule has 0 aliphatic carbocycles. The van der Waals surface area contributed by atoms with Gasteiger partial charge < -0.3 is 63.1 Å². The van der Waals surface area contributed by atoms with Crippen molar-refractivity contribution in [3.63, 3.8) is 0 Å². The van der Waals surface area contributed by atoms with Crippen LogP contribution in [0, 0.1) is 17.8 Å². The third kappa shape index (κ3) is 19.9. The number of aliphatic hydroxyl groups is 4. The van der Waals surface area contributed by atoms with Gasteiger partial charge in [-0.05, 0) is 127 Å². The van der Waals surface area contributed by atoms with Gasteiger partial charge in [-0.1, -0.05) is 148 Å². The molecule has 0 aromatic heterocycles. The highest BCUT2D eigenvalue weighted by Crippen LogP contribution is 2.48. The Morgan fingerprint density at radius 2 is 1.54 bits per heavy atom. The van der Waals surface area contributed by atoms with E-state index in [0.717, 1.165) is 89.2 Å². The molecule has 0 amide bonds. The molecule has 0 bridgehead atoms. The summed E-state index contributed by atoms with van der Waals surface area (Å²) in [4.78, 5) is 27.0. The smallest absolute Gasteiger partial charge is 0.342 e. The largest absolute Gasteiger partial charge is 0.456 e. The van der Waals surface area contributed by atoms with Crippen molar-refractivity contribution in [2.24, 2.45) is 17.8 Å². The Morgan fingerprint density at radius 3 is 2.25 bits per heavy atom. The molecular formula is C69H112O15. The van der Waals surface area contributed by atoms with Crippen LogP contribution < -0.4 is 0 Å². The first-order chi connectivity index (χ1) is 40.4. The first-order valence-corrected chi connectivity index (χ1v) is 33.6. The Labute approximate surface area is 505 Å². The number of aliphatic hydroxyl groups excluding tert-OH is 3. The maximum Gasteiger partial charge on any atom is 0.342 e. The van der Waals surface area contributed by atoms with Gasteiger partial charge >= 0.3 is 11.9 Å². The highest BCUT2D eigenvalue weighted by Gasteiger charge is 2.56. The van der Waals surface area contributed by atoms with Gasteiger partial charge in [0.15, 0.2) is 23.3 Å². The molecule has 6 saturated heterocycles. The van der Waals surface area contributed by atoms with E-state index in [1.165, 1.54) is 77.4 Å². The summed E-state index contributed by atoms with van der Waals surface area (Å²) < 4.78 is 58.6. The molecule has 7 rings (SSSR count). The molecule has 0 unspecified atom stereocenters. The van der Waals surface area contributed by atoms with Gasteiger partial charge in [-0.3, -0.25) is 4.79 Å². The maximum absolute atomic E-state index is 13.7. The molecule has 0 aromatic carbocycles. The summed E-state index contributed by atoms with van der Waals surface area (Å²) in [5.41, 5.74) is -0.457. The zero-order valence-corrected chi connectivity index (χ0v) is 52.6. The van der Waals surface area contributed by atoms with Crippen molar-refractivity contribution in [3.05, 3.63) is 60.4 Å². The van der Waals surface area contributed by atoms with E-state index in [2.05, 4.69) is 46.4 Å². The van der Waals surface area contributed by atoms with Crippen LogP contribution in [0.5, 0.6) is 0 Å². The lowest BCUT2D eigenvalue weighted by Crippen LogP contribution is -2.60. The Kier molecular flexibility index (Phi) is 27.5. The van der Waals surface area contributed by atoms with Crippen LogP contribution in [0.2, 0.25) is 0 Å². The lowest BCUT2D eigenvalue weighted by atomic mass is 9.79. The van der Waals surface area contributed by atoms with Crippen LogP contribution in [0.15, 0.2) is 60.4 Å². The molecular weight excluding hydrogens is 1070 g/mol. The van der Waals surface area contributed by atoms with Gasteiger partial charge in [0.25, 0.3) is 0 Å². The normalized spacial score (nSPS) is 34.7. The second kappa shape index (κ2) is 33.7. The Balaban J connectivity index is 0.924. The molecule has 4 N–H and O–H groups in total. The van der Waals surface area contributed by atoms with E-state index >= 15 is 0 Å². The third-order valence-corrected chi connectivity index (χ3v) is 19.2. The number of esters is 2. The minimum atomic E-state index is -1.88. The predicted octanol–water partition coefficient (Wildman–Crippen LogP) is 13.3. The first kappa shape index (κ1) is 68.7. The van der Waals surface area contributed by atoms with E-state index in [1.807, 2.05) is 19.1 Å². The summed E-state index contributed by atoms with van der Waals surface area (Å²) in [6, 6.07) is 0. The monoisotopic (exact) mass is 1180 g/mol. The molecule has 0 aromatic rings. The summed E-state index contributed by atoms with van der Waals surface area (Å²) >= 11 is 0. The van der Waals surface area contributed by atoms with Crippen molar-refractivity contribution in [2.75, 3.05) is 13.2 Å². The molecule has 3 spiro atoms. The standard InChI is InChI=1S/C69H112O15/c1-8-9-10-11-12-13-14-15-16-17-19-22-25-30-60(72)79-59-34-33-55(48-66(7,75)65(74)76-43-28-24-21-18-20-23-27-42-70)81-69(59)47-49(2)45-58(82-69)50(3)31-32-54-36-40-68(80-54)41-37-57-64(84-68)61(73)53(6)63(78-57)56(71)46-52(5)62-51(4)35-39-67(83-62)38-26-29-44-77-67/h21,24,28,31-32,43,47,50-52,54-59,61-64,70-71,73,75H,6,8-20,22-23,25-27,29-30,33-42,44-46,48H2,1-5,7H3/b24-21+,32-31+,43-28+/t50-,51-,52+,54+,55+,56+,57-,58+,59-,61-,62+,63+,64-,66-,67+,68-,69-/m1/s1. The van der Waals surface area contributed by atoms with Gasteiger partial charge in [-0.25, -0.2) is 4.79 Å². The van der Waals surface area contributed by atoms with E-state index in [4.69, 9.17) is 47.7 Å². The number of ether oxygens (including phenoxy) is 9. The fraction of sp³-hybridized carbons (Fsp3) is 0.826. The van der Waals surface area contributed by atoms with Crippen LogP contribution in [0.3, 0.4) is 0 Å². The van der Waals surface area contributed by atoms with Gasteiger partial charge in [0.2, 0.25) is 5.79 Å². The Bertz CT molecular complexity index is 2130. The summed E-state index contributed by atoms with van der Waals surface area (Å²) in [6.45, 7) is 17.3. The Hall–Kier alpha value is -2.80. The fourth-order valence-corrected chi connectivity index (χ4v) is 14.2. The van der Waals surface area contributed by atoms with Crippen LogP contribution in [0.4, 0.5) is 0 Å². The molecule has 7 aliphatic heterocycles. The summed E-state index contributed by atoms with van der Waals surface area (Å²) in [6.07, 6.45) is 35.8. The molecule has 478 valence electrons. The average Bonchev–Trinajstić information content (AvgIpc) is 1.85. The molecule has 84 heavy (non-hydrogen) atoms. The highest BCUT2D eigenvalue weighted by atomic mass is 16.7. The maximum atomic E-state index is 13.7. The molecule has 7 aliphatic rings. The van der Waals surface area contributed by atoms with E-state index in [0.29, 0.717) is 69.3 Å². The average molecular weight is 1180 g/mol. The molecule has 17 atom stereocenters. The number of hydrogen-bond donors (Lipinski definition) is 4. The number of rotatable bonds is 32. The predicted molar refractivity (Wildman–Crippen MR) is 324 cm³/mol. The van der Waals surface area contributed by atoms with Crippen LogP contribution in [0.25, 0.3) is 0 Å². The lowest BCUT2D eigenvalue weighted by molar-refractivity contribution is -0.322. The van der Waals surface area contributed by atoms with Crippen molar-refractivity contribution in [1.29, 1.82) is 0 Å².